The van der Waals surface area contributed by atoms with Crippen LogP contribution in [0.2, 0.25) is 0 Å². The molecule has 3 aromatic rings. The van der Waals surface area contributed by atoms with E-state index in [1.165, 1.54) is 5.56 Å². The SMILES string of the molecule is CCC(NC(=O)c1ccc(NS(=O)(=O)c2ccc(C)cc2)cc1)c1ccc(C)cc1C. The quantitative estimate of drug-likeness (QED) is 0.528. The first kappa shape index (κ1) is 22.6. The van der Waals surface area contributed by atoms with Crippen molar-refractivity contribution in [3.63, 3.8) is 0 Å². The van der Waals surface area contributed by atoms with E-state index in [2.05, 4.69) is 22.2 Å². The monoisotopic (exact) mass is 436 g/mol. The molecule has 0 spiro atoms. The minimum Gasteiger partial charge on any atom is -0.345 e. The Balaban J connectivity index is 1.71. The number of aryl methyl sites for hydroxylation is 3. The summed E-state index contributed by atoms with van der Waals surface area (Å²) in [5.74, 6) is -0.195. The van der Waals surface area contributed by atoms with Gasteiger partial charge in [-0.25, -0.2) is 8.42 Å². The molecule has 1 atom stereocenters. The van der Waals surface area contributed by atoms with Gasteiger partial charge in [-0.05, 0) is 74.7 Å². The van der Waals surface area contributed by atoms with E-state index < -0.39 is 10.0 Å². The normalized spacial score (nSPS) is 12.3. The molecule has 0 saturated heterocycles. The van der Waals surface area contributed by atoms with Crippen molar-refractivity contribution in [1.82, 2.24) is 5.32 Å². The molecule has 5 nitrogen and oxygen atoms in total. The second-order valence-corrected chi connectivity index (χ2v) is 9.47. The molecule has 1 amide bonds. The first-order valence-corrected chi connectivity index (χ1v) is 11.8. The highest BCUT2D eigenvalue weighted by Gasteiger charge is 2.17. The zero-order chi connectivity index (χ0) is 22.6. The number of amides is 1. The summed E-state index contributed by atoms with van der Waals surface area (Å²) in [5.41, 5.74) is 5.30. The number of nitrogens with one attached hydrogen (secondary N) is 2. The summed E-state index contributed by atoms with van der Waals surface area (Å²) in [6.07, 6.45) is 0.768. The van der Waals surface area contributed by atoms with Crippen LogP contribution in [-0.4, -0.2) is 14.3 Å². The summed E-state index contributed by atoms with van der Waals surface area (Å²) in [4.78, 5) is 13.0. The Kier molecular flexibility index (Phi) is 6.81. The molecule has 0 fully saturated rings. The lowest BCUT2D eigenvalue weighted by atomic mass is 9.97. The van der Waals surface area contributed by atoms with Crippen molar-refractivity contribution >= 4 is 21.6 Å². The molecule has 3 aromatic carbocycles. The number of anilines is 1. The lowest BCUT2D eigenvalue weighted by Crippen LogP contribution is -2.28. The van der Waals surface area contributed by atoms with E-state index >= 15 is 0 Å². The molecule has 0 aliphatic heterocycles. The van der Waals surface area contributed by atoms with E-state index in [0.717, 1.165) is 23.1 Å². The fourth-order valence-electron chi connectivity index (χ4n) is 3.48. The van der Waals surface area contributed by atoms with E-state index in [1.54, 1.807) is 48.5 Å². The third-order valence-corrected chi connectivity index (χ3v) is 6.64. The van der Waals surface area contributed by atoms with Crippen LogP contribution < -0.4 is 10.0 Å². The van der Waals surface area contributed by atoms with Gasteiger partial charge in [0.05, 0.1) is 10.9 Å². The Morgan fingerprint density at radius 2 is 1.48 bits per heavy atom. The van der Waals surface area contributed by atoms with Crippen molar-refractivity contribution in [3.8, 4) is 0 Å². The summed E-state index contributed by atoms with van der Waals surface area (Å²) in [6.45, 7) is 8.03. The van der Waals surface area contributed by atoms with Gasteiger partial charge in [0.25, 0.3) is 15.9 Å². The molecule has 0 bridgehead atoms. The highest BCUT2D eigenvalue weighted by Crippen LogP contribution is 2.23. The van der Waals surface area contributed by atoms with Crippen molar-refractivity contribution in [2.24, 2.45) is 0 Å². The zero-order valence-corrected chi connectivity index (χ0v) is 19.1. The fourth-order valence-corrected chi connectivity index (χ4v) is 4.54. The summed E-state index contributed by atoms with van der Waals surface area (Å²) in [5, 5.41) is 3.08. The standard InChI is InChI=1S/C25H28N2O3S/c1-5-24(23-15-8-18(3)16-19(23)4)26-25(28)20-9-11-21(12-10-20)27-31(29,30)22-13-6-17(2)7-14-22/h6-16,24,27H,5H2,1-4H3,(H,26,28). The van der Waals surface area contributed by atoms with Gasteiger partial charge in [0.1, 0.15) is 0 Å². The second-order valence-electron chi connectivity index (χ2n) is 7.79. The Hall–Kier alpha value is -3.12. The van der Waals surface area contributed by atoms with Crippen LogP contribution in [0.25, 0.3) is 0 Å². The third-order valence-electron chi connectivity index (χ3n) is 5.24. The first-order valence-electron chi connectivity index (χ1n) is 10.3. The van der Waals surface area contributed by atoms with Gasteiger partial charge in [-0.3, -0.25) is 9.52 Å². The summed E-state index contributed by atoms with van der Waals surface area (Å²) in [7, 11) is -3.68. The van der Waals surface area contributed by atoms with Crippen molar-refractivity contribution in [1.29, 1.82) is 0 Å². The molecule has 0 radical (unpaired) electrons. The number of hydrogen-bond acceptors (Lipinski definition) is 3. The minimum atomic E-state index is -3.68. The smallest absolute Gasteiger partial charge is 0.261 e. The number of carbonyl (C=O) groups is 1. The molecule has 6 heteroatoms. The van der Waals surface area contributed by atoms with E-state index in [9.17, 15) is 13.2 Å². The predicted molar refractivity (Wildman–Crippen MR) is 125 cm³/mol. The second kappa shape index (κ2) is 9.35. The molecule has 2 N–H and O–H groups in total. The lowest BCUT2D eigenvalue weighted by molar-refractivity contribution is 0.0935. The van der Waals surface area contributed by atoms with Crippen LogP contribution in [0.5, 0.6) is 0 Å². The van der Waals surface area contributed by atoms with Crippen LogP contribution in [0.4, 0.5) is 5.69 Å². The van der Waals surface area contributed by atoms with E-state index in [-0.39, 0.29) is 16.8 Å². The van der Waals surface area contributed by atoms with Crippen LogP contribution in [0.1, 0.15) is 52.0 Å². The largest absolute Gasteiger partial charge is 0.345 e. The van der Waals surface area contributed by atoms with Crippen LogP contribution in [0.3, 0.4) is 0 Å². The molecule has 31 heavy (non-hydrogen) atoms. The lowest BCUT2D eigenvalue weighted by Gasteiger charge is -2.20. The van der Waals surface area contributed by atoms with E-state index in [1.807, 2.05) is 33.8 Å². The number of sulfonamides is 1. The number of benzene rings is 3. The molecule has 0 saturated carbocycles. The van der Waals surface area contributed by atoms with E-state index in [0.29, 0.717) is 11.3 Å². The maximum Gasteiger partial charge on any atom is 0.261 e. The van der Waals surface area contributed by atoms with Gasteiger partial charge >= 0.3 is 0 Å². The van der Waals surface area contributed by atoms with Crippen LogP contribution >= 0.6 is 0 Å². The maximum atomic E-state index is 12.8. The molecule has 0 aliphatic rings. The zero-order valence-electron chi connectivity index (χ0n) is 18.3. The molecule has 3 rings (SSSR count). The van der Waals surface area contributed by atoms with Gasteiger partial charge in [-0.2, -0.15) is 0 Å². The topological polar surface area (TPSA) is 75.3 Å². The number of carbonyl (C=O) groups excluding carboxylic acids is 1. The van der Waals surface area contributed by atoms with Gasteiger partial charge in [0.2, 0.25) is 0 Å². The first-order chi connectivity index (χ1) is 14.7. The van der Waals surface area contributed by atoms with Gasteiger partial charge in [-0.15, -0.1) is 0 Å². The van der Waals surface area contributed by atoms with Crippen molar-refractivity contribution < 1.29 is 13.2 Å². The summed E-state index contributed by atoms with van der Waals surface area (Å²) >= 11 is 0. The average molecular weight is 437 g/mol. The van der Waals surface area contributed by atoms with Crippen molar-refractivity contribution in [2.75, 3.05) is 4.72 Å². The molecule has 162 valence electrons. The predicted octanol–water partition coefficient (Wildman–Crippen LogP) is 5.29. The van der Waals surface area contributed by atoms with Gasteiger partial charge in [0.15, 0.2) is 0 Å². The van der Waals surface area contributed by atoms with Crippen molar-refractivity contribution in [3.05, 3.63) is 94.5 Å². The average Bonchev–Trinajstić information content (AvgIpc) is 2.73. The molecule has 0 aliphatic carbocycles. The summed E-state index contributed by atoms with van der Waals surface area (Å²) in [6, 6.07) is 19.2. The highest BCUT2D eigenvalue weighted by molar-refractivity contribution is 7.92. The molecular weight excluding hydrogens is 408 g/mol. The van der Waals surface area contributed by atoms with Gasteiger partial charge in [0, 0.05) is 11.3 Å². The Bertz CT molecular complexity index is 1170. The summed E-state index contributed by atoms with van der Waals surface area (Å²) < 4.78 is 27.6. The van der Waals surface area contributed by atoms with Gasteiger partial charge < -0.3 is 5.32 Å². The fraction of sp³-hybridized carbons (Fsp3) is 0.240. The van der Waals surface area contributed by atoms with Crippen LogP contribution in [0, 0.1) is 20.8 Å². The van der Waals surface area contributed by atoms with Crippen LogP contribution in [0.15, 0.2) is 71.6 Å². The van der Waals surface area contributed by atoms with Crippen molar-refractivity contribution in [2.45, 2.75) is 45.1 Å². The van der Waals surface area contributed by atoms with Crippen LogP contribution in [-0.2, 0) is 10.0 Å². The third kappa shape index (κ3) is 5.52. The highest BCUT2D eigenvalue weighted by atomic mass is 32.2. The Labute approximate surface area is 184 Å². The minimum absolute atomic E-state index is 0.0900. The molecular formula is C25H28N2O3S. The molecule has 0 heterocycles. The Morgan fingerprint density at radius 3 is 2.06 bits per heavy atom. The molecule has 1 unspecified atom stereocenters. The number of rotatable bonds is 7. The Morgan fingerprint density at radius 1 is 0.871 bits per heavy atom. The van der Waals surface area contributed by atoms with Gasteiger partial charge in [-0.1, -0.05) is 48.4 Å². The maximum absolute atomic E-state index is 12.8. The molecule has 0 aromatic heterocycles. The number of hydrogen-bond donors (Lipinski definition) is 2. The van der Waals surface area contributed by atoms with E-state index in [4.69, 9.17) is 0 Å².